The van der Waals surface area contributed by atoms with Crippen LogP contribution in [0.4, 0.5) is 0 Å². The minimum Gasteiger partial charge on any atom is -0.295 e. The third-order valence-electron chi connectivity index (χ3n) is 3.47. The van der Waals surface area contributed by atoms with Gasteiger partial charge in [-0.1, -0.05) is 17.7 Å². The van der Waals surface area contributed by atoms with Crippen molar-refractivity contribution >= 4 is 5.78 Å². The molecule has 2 aliphatic carbocycles. The summed E-state index contributed by atoms with van der Waals surface area (Å²) in [5, 5.41) is 0. The molecule has 0 bridgehead atoms. The normalized spacial score (nSPS) is 33.6. The van der Waals surface area contributed by atoms with E-state index in [1.807, 2.05) is 0 Å². The number of ketones is 1. The Kier molecular flexibility index (Phi) is 2.10. The molecule has 1 unspecified atom stereocenters. The van der Waals surface area contributed by atoms with Gasteiger partial charge in [0.2, 0.25) is 0 Å². The van der Waals surface area contributed by atoms with Crippen LogP contribution in [-0.4, -0.2) is 5.78 Å². The summed E-state index contributed by atoms with van der Waals surface area (Å²) in [7, 11) is 0. The molecule has 2 rings (SSSR count). The quantitative estimate of drug-likeness (QED) is 0.518. The molecule has 0 N–H and O–H groups in total. The zero-order valence-electron chi connectivity index (χ0n) is 8.18. The molecule has 1 nitrogen and oxygen atoms in total. The lowest BCUT2D eigenvalue weighted by Gasteiger charge is -2.36. The average molecular weight is 176 g/mol. The first kappa shape index (κ1) is 8.74. The molecule has 0 amide bonds. The van der Waals surface area contributed by atoms with Crippen LogP contribution in [0.2, 0.25) is 0 Å². The monoisotopic (exact) mass is 176 g/mol. The molecular formula is C12H16O. The first-order valence-corrected chi connectivity index (χ1v) is 5.12. The lowest BCUT2D eigenvalue weighted by molar-refractivity contribution is -0.115. The van der Waals surface area contributed by atoms with Gasteiger partial charge in [-0.2, -0.15) is 0 Å². The van der Waals surface area contributed by atoms with Crippen LogP contribution in [0.25, 0.3) is 0 Å². The van der Waals surface area contributed by atoms with Gasteiger partial charge in [0.05, 0.1) is 0 Å². The molecular weight excluding hydrogens is 160 g/mol. The molecule has 13 heavy (non-hydrogen) atoms. The Balaban J connectivity index is 2.29. The number of carbonyl (C=O) groups is 1. The Labute approximate surface area is 79.5 Å². The zero-order valence-corrected chi connectivity index (χ0v) is 8.18. The third-order valence-corrected chi connectivity index (χ3v) is 3.47. The molecule has 0 aliphatic heterocycles. The smallest absolute Gasteiger partial charge is 0.155 e. The fourth-order valence-corrected chi connectivity index (χ4v) is 2.44. The van der Waals surface area contributed by atoms with E-state index in [4.69, 9.17) is 0 Å². The first-order chi connectivity index (χ1) is 6.23. The van der Waals surface area contributed by atoms with Gasteiger partial charge in [0, 0.05) is 11.8 Å². The predicted molar refractivity (Wildman–Crippen MR) is 53.4 cm³/mol. The highest BCUT2D eigenvalue weighted by Gasteiger charge is 2.33. The number of rotatable bonds is 0. The van der Waals surface area contributed by atoms with Crippen LogP contribution in [0.1, 0.15) is 39.0 Å². The Morgan fingerprint density at radius 1 is 1.38 bits per heavy atom. The van der Waals surface area contributed by atoms with Crippen molar-refractivity contribution in [3.8, 4) is 0 Å². The van der Waals surface area contributed by atoms with E-state index in [1.165, 1.54) is 24.8 Å². The number of carbonyl (C=O) groups excluding carboxylic acids is 1. The topological polar surface area (TPSA) is 17.1 Å². The number of hydrogen-bond donors (Lipinski definition) is 0. The lowest BCUT2D eigenvalue weighted by atomic mass is 9.68. The largest absolute Gasteiger partial charge is 0.295 e. The Bertz CT molecular complexity index is 285. The van der Waals surface area contributed by atoms with Crippen LogP contribution in [0.15, 0.2) is 23.8 Å². The van der Waals surface area contributed by atoms with Crippen molar-refractivity contribution in [2.45, 2.75) is 39.0 Å². The van der Waals surface area contributed by atoms with Crippen molar-refractivity contribution in [2.24, 2.45) is 5.41 Å². The van der Waals surface area contributed by atoms with Gasteiger partial charge in [-0.3, -0.25) is 4.79 Å². The van der Waals surface area contributed by atoms with Gasteiger partial charge in [-0.25, -0.2) is 0 Å². The predicted octanol–water partition coefficient (Wildman–Crippen LogP) is 3.02. The van der Waals surface area contributed by atoms with Crippen LogP contribution in [-0.2, 0) is 4.79 Å². The summed E-state index contributed by atoms with van der Waals surface area (Å²) in [6, 6.07) is 0. The Morgan fingerprint density at radius 3 is 2.85 bits per heavy atom. The van der Waals surface area contributed by atoms with Gasteiger partial charge in [0.25, 0.3) is 0 Å². The molecule has 1 heteroatoms. The Morgan fingerprint density at radius 2 is 2.23 bits per heavy atom. The maximum Gasteiger partial charge on any atom is 0.155 e. The van der Waals surface area contributed by atoms with E-state index in [9.17, 15) is 4.79 Å². The van der Waals surface area contributed by atoms with Gasteiger partial charge >= 0.3 is 0 Å². The molecule has 1 atom stereocenters. The summed E-state index contributed by atoms with van der Waals surface area (Å²) < 4.78 is 0. The molecule has 1 spiro atoms. The minimum absolute atomic E-state index is 0.256. The second-order valence-corrected chi connectivity index (χ2v) is 4.24. The fraction of sp³-hybridized carbons (Fsp3) is 0.583. The van der Waals surface area contributed by atoms with Crippen LogP contribution in [0.3, 0.4) is 0 Å². The summed E-state index contributed by atoms with van der Waals surface area (Å²) in [6.07, 6.45) is 11.8. The number of hydrogen-bond acceptors (Lipinski definition) is 1. The highest BCUT2D eigenvalue weighted by molar-refractivity contribution is 5.90. The van der Waals surface area contributed by atoms with Gasteiger partial charge in [0.1, 0.15) is 0 Å². The van der Waals surface area contributed by atoms with Crippen molar-refractivity contribution < 1.29 is 4.79 Å². The summed E-state index contributed by atoms with van der Waals surface area (Å²) >= 11 is 0. The van der Waals surface area contributed by atoms with Crippen LogP contribution >= 0.6 is 0 Å². The van der Waals surface area contributed by atoms with E-state index >= 15 is 0 Å². The maximum absolute atomic E-state index is 11.1. The second kappa shape index (κ2) is 3.13. The molecule has 0 heterocycles. The number of allylic oxidation sites excluding steroid dienone is 4. The summed E-state index contributed by atoms with van der Waals surface area (Å²) in [4.78, 5) is 11.1. The molecule has 0 saturated carbocycles. The molecule has 0 aromatic rings. The highest BCUT2D eigenvalue weighted by Crippen LogP contribution is 2.44. The van der Waals surface area contributed by atoms with E-state index in [-0.39, 0.29) is 5.41 Å². The van der Waals surface area contributed by atoms with Crippen molar-refractivity contribution in [3.63, 3.8) is 0 Å². The molecule has 2 aliphatic rings. The van der Waals surface area contributed by atoms with E-state index in [1.54, 1.807) is 6.08 Å². The SMILES string of the molecule is CC1=CCCCC12C=CC(=O)CC2. The van der Waals surface area contributed by atoms with Crippen LogP contribution < -0.4 is 0 Å². The van der Waals surface area contributed by atoms with Crippen LogP contribution in [0, 0.1) is 5.41 Å². The standard InChI is InChI=1S/C12H16O/c1-10-4-2-3-7-12(10)8-5-11(13)6-9-12/h4-5,8H,2-3,6-7,9H2,1H3. The Hall–Kier alpha value is -0.850. The fourth-order valence-electron chi connectivity index (χ4n) is 2.44. The summed E-state index contributed by atoms with van der Waals surface area (Å²) in [5.74, 6) is 0.295. The maximum atomic E-state index is 11.1. The third kappa shape index (κ3) is 1.48. The van der Waals surface area contributed by atoms with E-state index in [0.717, 1.165) is 12.8 Å². The average Bonchev–Trinajstić information content (AvgIpc) is 2.15. The van der Waals surface area contributed by atoms with E-state index in [2.05, 4.69) is 19.1 Å². The molecule has 70 valence electrons. The van der Waals surface area contributed by atoms with Crippen molar-refractivity contribution in [3.05, 3.63) is 23.8 Å². The molecule has 0 fully saturated rings. The molecule has 0 radical (unpaired) electrons. The van der Waals surface area contributed by atoms with Crippen molar-refractivity contribution in [1.29, 1.82) is 0 Å². The van der Waals surface area contributed by atoms with Crippen molar-refractivity contribution in [1.82, 2.24) is 0 Å². The highest BCUT2D eigenvalue weighted by atomic mass is 16.1. The van der Waals surface area contributed by atoms with E-state index < -0.39 is 0 Å². The zero-order chi connectivity index (χ0) is 9.31. The van der Waals surface area contributed by atoms with Crippen molar-refractivity contribution in [2.75, 3.05) is 0 Å². The van der Waals surface area contributed by atoms with Gasteiger partial charge in [0.15, 0.2) is 5.78 Å². The van der Waals surface area contributed by atoms with Gasteiger partial charge in [-0.15, -0.1) is 0 Å². The molecule has 0 aromatic heterocycles. The first-order valence-electron chi connectivity index (χ1n) is 5.12. The summed E-state index contributed by atoms with van der Waals surface area (Å²) in [6.45, 7) is 2.21. The van der Waals surface area contributed by atoms with Gasteiger partial charge < -0.3 is 0 Å². The lowest BCUT2D eigenvalue weighted by Crippen LogP contribution is -2.26. The second-order valence-electron chi connectivity index (χ2n) is 4.24. The van der Waals surface area contributed by atoms with Gasteiger partial charge in [-0.05, 0) is 38.7 Å². The van der Waals surface area contributed by atoms with E-state index in [0.29, 0.717) is 5.78 Å². The molecule has 0 saturated heterocycles. The molecule has 0 aromatic carbocycles. The summed E-state index contributed by atoms with van der Waals surface area (Å²) in [5.41, 5.74) is 1.73. The van der Waals surface area contributed by atoms with Crippen LogP contribution in [0.5, 0.6) is 0 Å². The minimum atomic E-state index is 0.256.